The SMILES string of the molecule is CCCCCCCCCCCCCCCCCCCCCCC(=O)O[C@H](COC(=O)CCCCCCCCCCCCCCCCCCC(C)C)COP(=O)(O)OC[C@@H](O)COP(=O)(O)OC[C@@H](COC(=O)CCCCCCCCC)OC(=O)CCCCCCCCC. The Morgan fingerprint density at radius 3 is 0.731 bits per heavy atom. The number of rotatable bonds is 74. The molecule has 0 amide bonds. The summed E-state index contributed by atoms with van der Waals surface area (Å²) in [5, 5.41) is 10.6. The number of aliphatic hydroxyl groups is 1. The summed E-state index contributed by atoms with van der Waals surface area (Å²) in [7, 11) is -9.89. The van der Waals surface area contributed by atoms with Gasteiger partial charge < -0.3 is 33.8 Å². The molecule has 0 aromatic rings. The number of aliphatic hydroxyl groups excluding tert-OH is 1. The third kappa shape index (κ3) is 68.4. The summed E-state index contributed by atoms with van der Waals surface area (Å²) in [6.45, 7) is 7.22. The van der Waals surface area contributed by atoms with Gasteiger partial charge >= 0.3 is 39.5 Å². The number of hydrogen-bond acceptors (Lipinski definition) is 15. The van der Waals surface area contributed by atoms with E-state index in [1.807, 2.05) is 0 Å². The van der Waals surface area contributed by atoms with Gasteiger partial charge in [-0.2, -0.15) is 0 Å². The van der Waals surface area contributed by atoms with Gasteiger partial charge in [-0.25, -0.2) is 9.13 Å². The molecule has 0 bridgehead atoms. The van der Waals surface area contributed by atoms with Crippen LogP contribution in [-0.4, -0.2) is 96.7 Å². The topological polar surface area (TPSA) is 237 Å². The minimum absolute atomic E-state index is 0.104. The van der Waals surface area contributed by atoms with Gasteiger partial charge in [0, 0.05) is 25.7 Å². The van der Waals surface area contributed by atoms with Crippen molar-refractivity contribution in [3.63, 3.8) is 0 Å². The van der Waals surface area contributed by atoms with Gasteiger partial charge in [-0.1, -0.05) is 336 Å². The highest BCUT2D eigenvalue weighted by Gasteiger charge is 2.30. The zero-order valence-corrected chi connectivity index (χ0v) is 62.2. The third-order valence-electron chi connectivity index (χ3n) is 17.3. The first-order valence-corrected chi connectivity index (χ1v) is 41.6. The van der Waals surface area contributed by atoms with Gasteiger partial charge in [0.15, 0.2) is 12.2 Å². The van der Waals surface area contributed by atoms with Crippen LogP contribution in [0.1, 0.15) is 388 Å². The molecule has 0 fully saturated rings. The van der Waals surface area contributed by atoms with Crippen LogP contribution in [0.4, 0.5) is 0 Å². The van der Waals surface area contributed by atoms with Crippen molar-refractivity contribution in [3.8, 4) is 0 Å². The first kappa shape index (κ1) is 91.1. The van der Waals surface area contributed by atoms with Gasteiger partial charge in [0.25, 0.3) is 0 Å². The Bertz CT molecular complexity index is 1790. The highest BCUT2D eigenvalue weighted by Crippen LogP contribution is 2.45. The molecular weight excluding hydrogens is 1220 g/mol. The molecule has 0 rings (SSSR count). The van der Waals surface area contributed by atoms with E-state index in [4.69, 9.17) is 37.0 Å². The molecule has 0 saturated carbocycles. The van der Waals surface area contributed by atoms with Crippen molar-refractivity contribution in [1.82, 2.24) is 0 Å². The van der Waals surface area contributed by atoms with Gasteiger partial charge in [0.2, 0.25) is 0 Å². The van der Waals surface area contributed by atoms with Crippen molar-refractivity contribution < 1.29 is 80.2 Å². The lowest BCUT2D eigenvalue weighted by molar-refractivity contribution is -0.161. The van der Waals surface area contributed by atoms with Crippen molar-refractivity contribution in [1.29, 1.82) is 0 Å². The van der Waals surface area contributed by atoms with Crippen LogP contribution < -0.4 is 0 Å². The number of esters is 4. The van der Waals surface area contributed by atoms with Crippen LogP contribution >= 0.6 is 15.6 Å². The summed E-state index contributed by atoms with van der Waals surface area (Å²) < 4.78 is 68.2. The van der Waals surface area contributed by atoms with Crippen LogP contribution in [0.3, 0.4) is 0 Å². The Hall–Kier alpha value is -1.94. The van der Waals surface area contributed by atoms with Crippen molar-refractivity contribution >= 4 is 39.5 Å². The summed E-state index contributed by atoms with van der Waals surface area (Å²) in [6.07, 6.45) is 56.0. The molecule has 0 aliphatic rings. The van der Waals surface area contributed by atoms with Crippen molar-refractivity contribution in [3.05, 3.63) is 0 Å². The Morgan fingerprint density at radius 2 is 0.495 bits per heavy atom. The van der Waals surface area contributed by atoms with Crippen LogP contribution in [0.5, 0.6) is 0 Å². The maximum atomic E-state index is 13.1. The first-order valence-electron chi connectivity index (χ1n) is 38.6. The van der Waals surface area contributed by atoms with Crippen LogP contribution in [-0.2, 0) is 65.4 Å². The minimum Gasteiger partial charge on any atom is -0.462 e. The van der Waals surface area contributed by atoms with Crippen molar-refractivity contribution in [2.24, 2.45) is 5.92 Å². The van der Waals surface area contributed by atoms with E-state index in [0.29, 0.717) is 25.7 Å². The fourth-order valence-corrected chi connectivity index (χ4v) is 12.9. The Morgan fingerprint density at radius 1 is 0.290 bits per heavy atom. The molecule has 552 valence electrons. The predicted octanol–water partition coefficient (Wildman–Crippen LogP) is 21.7. The van der Waals surface area contributed by atoms with E-state index in [1.165, 1.54) is 186 Å². The Labute approximate surface area is 568 Å². The van der Waals surface area contributed by atoms with Gasteiger partial charge in [0.05, 0.1) is 26.4 Å². The number of phosphoric ester groups is 2. The van der Waals surface area contributed by atoms with Crippen LogP contribution in [0, 0.1) is 5.92 Å². The molecule has 3 N–H and O–H groups in total. The summed E-state index contributed by atoms with van der Waals surface area (Å²) in [6, 6.07) is 0. The molecule has 0 aliphatic heterocycles. The van der Waals surface area contributed by atoms with Crippen molar-refractivity contribution in [2.45, 2.75) is 406 Å². The molecule has 19 heteroatoms. The molecule has 2 unspecified atom stereocenters. The number of unbranched alkanes of at least 4 members (excludes halogenated alkanes) is 46. The molecule has 5 atom stereocenters. The number of ether oxygens (including phenoxy) is 4. The van der Waals surface area contributed by atoms with Crippen LogP contribution in [0.2, 0.25) is 0 Å². The van der Waals surface area contributed by atoms with Crippen LogP contribution in [0.15, 0.2) is 0 Å². The zero-order chi connectivity index (χ0) is 68.4. The fraction of sp³-hybridized carbons (Fsp3) is 0.946. The van der Waals surface area contributed by atoms with E-state index in [-0.39, 0.29) is 25.7 Å². The smallest absolute Gasteiger partial charge is 0.462 e. The standard InChI is InChI=1S/C74H144O17P2/c1-6-9-12-15-18-19-20-21-22-23-24-25-26-31-34-37-40-45-50-55-60-74(79)91-70(64-85-72(77)58-53-48-44-39-36-33-30-28-27-29-32-35-38-43-46-51-56-67(4)5)66-89-93(82,83)87-62-68(75)61-86-92(80,81)88-65-69(90-73(78)59-54-49-42-17-14-11-8-3)63-84-71(76)57-52-47-41-16-13-10-7-2/h67-70,75H,6-66H2,1-5H3,(H,80,81)(H,82,83)/t68-,69+,70+/m0/s1. The van der Waals surface area contributed by atoms with Gasteiger partial charge in [-0.05, 0) is 31.6 Å². The quantitative estimate of drug-likeness (QED) is 0.0222. The summed E-state index contributed by atoms with van der Waals surface area (Å²) >= 11 is 0. The van der Waals surface area contributed by atoms with E-state index in [2.05, 4.69) is 34.6 Å². The molecule has 0 aliphatic carbocycles. The molecule has 0 aromatic carbocycles. The number of hydrogen-bond donors (Lipinski definition) is 3. The van der Waals surface area contributed by atoms with E-state index in [1.54, 1.807) is 0 Å². The number of phosphoric acid groups is 2. The maximum Gasteiger partial charge on any atom is 0.472 e. The second kappa shape index (κ2) is 67.3. The lowest BCUT2D eigenvalue weighted by atomic mass is 10.0. The summed E-state index contributed by atoms with van der Waals surface area (Å²) in [5.41, 5.74) is 0. The van der Waals surface area contributed by atoms with Gasteiger partial charge in [0.1, 0.15) is 19.3 Å². The summed E-state index contributed by atoms with van der Waals surface area (Å²) in [4.78, 5) is 72.4. The molecule has 0 radical (unpaired) electrons. The third-order valence-corrected chi connectivity index (χ3v) is 19.2. The molecular formula is C74H144O17P2. The van der Waals surface area contributed by atoms with Gasteiger partial charge in [-0.15, -0.1) is 0 Å². The van der Waals surface area contributed by atoms with Gasteiger partial charge in [-0.3, -0.25) is 37.3 Å². The average molecular weight is 1370 g/mol. The number of carbonyl (C=O) groups excluding carboxylic acids is 4. The lowest BCUT2D eigenvalue weighted by Crippen LogP contribution is -2.30. The first-order chi connectivity index (χ1) is 45.0. The molecule has 93 heavy (non-hydrogen) atoms. The molecule has 0 saturated heterocycles. The summed E-state index contributed by atoms with van der Waals surface area (Å²) in [5.74, 6) is -1.31. The lowest BCUT2D eigenvalue weighted by Gasteiger charge is -2.21. The largest absolute Gasteiger partial charge is 0.472 e. The fourth-order valence-electron chi connectivity index (χ4n) is 11.4. The van der Waals surface area contributed by atoms with E-state index >= 15 is 0 Å². The normalized spacial score (nSPS) is 14.0. The maximum absolute atomic E-state index is 13.1. The average Bonchev–Trinajstić information content (AvgIpc) is 2.34. The Balaban J connectivity index is 5.11. The second-order valence-electron chi connectivity index (χ2n) is 27.2. The molecule has 17 nitrogen and oxygen atoms in total. The highest BCUT2D eigenvalue weighted by molar-refractivity contribution is 7.47. The zero-order valence-electron chi connectivity index (χ0n) is 60.4. The second-order valence-corrected chi connectivity index (χ2v) is 30.1. The number of carbonyl (C=O) groups is 4. The predicted molar refractivity (Wildman–Crippen MR) is 377 cm³/mol. The van der Waals surface area contributed by atoms with Crippen LogP contribution in [0.25, 0.3) is 0 Å². The van der Waals surface area contributed by atoms with E-state index < -0.39 is 97.5 Å². The van der Waals surface area contributed by atoms with E-state index in [0.717, 1.165) is 121 Å². The minimum atomic E-state index is -4.95. The Kier molecular flexibility index (Phi) is 65.9. The molecule has 0 aromatic heterocycles. The molecule has 0 spiro atoms. The van der Waals surface area contributed by atoms with Crippen molar-refractivity contribution in [2.75, 3.05) is 39.6 Å². The monoisotopic (exact) mass is 1370 g/mol. The highest BCUT2D eigenvalue weighted by atomic mass is 31.2. The molecule has 0 heterocycles. The van der Waals surface area contributed by atoms with E-state index in [9.17, 15) is 43.2 Å².